The predicted octanol–water partition coefficient (Wildman–Crippen LogP) is 4.47. The molecule has 2 aromatic rings. The molecule has 8 heteroatoms. The molecule has 2 aromatic carbocycles. The van der Waals surface area contributed by atoms with Gasteiger partial charge in [-0.05, 0) is 48.3 Å². The minimum Gasteiger partial charge on any atom is -0.493 e. The van der Waals surface area contributed by atoms with E-state index in [2.05, 4.69) is 21.2 Å². The van der Waals surface area contributed by atoms with Crippen LogP contribution in [0.3, 0.4) is 0 Å². The molecule has 0 aliphatic heterocycles. The first-order valence-corrected chi connectivity index (χ1v) is 10.8. The number of carboxylic acids is 1. The maximum absolute atomic E-state index is 13.1. The van der Waals surface area contributed by atoms with Gasteiger partial charge in [0.2, 0.25) is 0 Å². The smallest absolute Gasteiger partial charge is 0.320 e. The van der Waals surface area contributed by atoms with E-state index in [-0.39, 0.29) is 12.4 Å². The molecule has 5 nitrogen and oxygen atoms in total. The average molecular weight is 472 g/mol. The second kappa shape index (κ2) is 11.3. The zero-order valence-electron chi connectivity index (χ0n) is 15.7. The molecule has 0 saturated carbocycles. The molecule has 0 aromatic heterocycles. The van der Waals surface area contributed by atoms with Crippen LogP contribution < -0.4 is 14.8 Å². The monoisotopic (exact) mass is 471 g/mol. The molecule has 0 fully saturated rings. The number of hydrogen-bond donors (Lipinski definition) is 2. The number of carbonyl (C=O) groups is 1. The lowest BCUT2D eigenvalue weighted by atomic mass is 10.1. The lowest BCUT2D eigenvalue weighted by Crippen LogP contribution is -2.36. The topological polar surface area (TPSA) is 67.8 Å². The summed E-state index contributed by atoms with van der Waals surface area (Å²) in [5.74, 6) is 0.609. The van der Waals surface area contributed by atoms with Crippen LogP contribution in [0.1, 0.15) is 17.5 Å². The Morgan fingerprint density at radius 2 is 2.00 bits per heavy atom. The summed E-state index contributed by atoms with van der Waals surface area (Å²) < 4.78 is 25.3. The summed E-state index contributed by atoms with van der Waals surface area (Å²) >= 11 is 5.11. The first-order valence-electron chi connectivity index (χ1n) is 8.64. The molecule has 1 atom stereocenters. The van der Waals surface area contributed by atoms with E-state index in [0.717, 1.165) is 21.4 Å². The van der Waals surface area contributed by atoms with Gasteiger partial charge < -0.3 is 19.9 Å². The highest BCUT2D eigenvalue weighted by atomic mass is 79.9. The number of ether oxygens (including phenoxy) is 2. The second-order valence-electron chi connectivity index (χ2n) is 6.03. The van der Waals surface area contributed by atoms with Crippen molar-refractivity contribution in [1.29, 1.82) is 0 Å². The van der Waals surface area contributed by atoms with Crippen LogP contribution in [0, 0.1) is 5.82 Å². The molecule has 0 spiro atoms. The predicted molar refractivity (Wildman–Crippen MR) is 113 cm³/mol. The Morgan fingerprint density at radius 3 is 2.61 bits per heavy atom. The summed E-state index contributed by atoms with van der Waals surface area (Å²) in [6.07, 6.45) is 2.46. The lowest BCUT2D eigenvalue weighted by molar-refractivity contribution is -0.139. The fourth-order valence-electron chi connectivity index (χ4n) is 2.58. The van der Waals surface area contributed by atoms with E-state index in [1.54, 1.807) is 37.1 Å². The molecular formula is C20H23BrFNO4S. The third-order valence-corrected chi connectivity index (χ3v) is 5.50. The van der Waals surface area contributed by atoms with Crippen LogP contribution >= 0.6 is 27.7 Å². The van der Waals surface area contributed by atoms with Gasteiger partial charge in [0.25, 0.3) is 0 Å². The molecule has 0 radical (unpaired) electrons. The van der Waals surface area contributed by atoms with Gasteiger partial charge >= 0.3 is 5.97 Å². The quantitative estimate of drug-likeness (QED) is 0.503. The Balaban J connectivity index is 2.19. The van der Waals surface area contributed by atoms with Crippen LogP contribution in [0.4, 0.5) is 4.39 Å². The number of benzene rings is 2. The van der Waals surface area contributed by atoms with Crippen molar-refractivity contribution in [3.63, 3.8) is 0 Å². The van der Waals surface area contributed by atoms with Gasteiger partial charge in [0.05, 0.1) is 7.11 Å². The minimum absolute atomic E-state index is 0.231. The summed E-state index contributed by atoms with van der Waals surface area (Å²) in [7, 11) is 1.55. The van der Waals surface area contributed by atoms with Gasteiger partial charge in [-0.3, -0.25) is 4.79 Å². The molecule has 0 heterocycles. The van der Waals surface area contributed by atoms with Crippen LogP contribution in [0.15, 0.2) is 40.9 Å². The largest absolute Gasteiger partial charge is 0.493 e. The number of aliphatic carboxylic acids is 1. The Morgan fingerprint density at radius 1 is 1.29 bits per heavy atom. The van der Waals surface area contributed by atoms with E-state index in [1.165, 1.54) is 12.1 Å². The number of nitrogens with one attached hydrogen (secondary N) is 1. The van der Waals surface area contributed by atoms with E-state index >= 15 is 0 Å². The minimum atomic E-state index is -0.887. The van der Waals surface area contributed by atoms with Crippen molar-refractivity contribution in [3.8, 4) is 11.5 Å². The van der Waals surface area contributed by atoms with Crippen LogP contribution in [-0.2, 0) is 17.9 Å². The third kappa shape index (κ3) is 6.39. The molecule has 152 valence electrons. The highest BCUT2D eigenvalue weighted by molar-refractivity contribution is 9.10. The molecule has 28 heavy (non-hydrogen) atoms. The number of thioether (sulfide) groups is 1. The van der Waals surface area contributed by atoms with E-state index in [1.807, 2.05) is 12.3 Å². The summed E-state index contributed by atoms with van der Waals surface area (Å²) in [4.78, 5) is 11.5. The summed E-state index contributed by atoms with van der Waals surface area (Å²) in [6, 6.07) is 9.01. The van der Waals surface area contributed by atoms with Crippen molar-refractivity contribution >= 4 is 33.7 Å². The number of carboxylic acid groups (broad SMARTS) is 1. The van der Waals surface area contributed by atoms with E-state index in [9.17, 15) is 14.3 Å². The molecular weight excluding hydrogens is 449 g/mol. The van der Waals surface area contributed by atoms with E-state index in [0.29, 0.717) is 24.5 Å². The zero-order valence-corrected chi connectivity index (χ0v) is 18.1. The van der Waals surface area contributed by atoms with Crippen molar-refractivity contribution in [3.05, 3.63) is 57.8 Å². The van der Waals surface area contributed by atoms with Crippen molar-refractivity contribution in [2.24, 2.45) is 0 Å². The maximum atomic E-state index is 13.1. The third-order valence-electron chi connectivity index (χ3n) is 4.12. The highest BCUT2D eigenvalue weighted by Crippen LogP contribution is 2.37. The zero-order chi connectivity index (χ0) is 20.5. The summed E-state index contributed by atoms with van der Waals surface area (Å²) in [5, 5.41) is 12.5. The van der Waals surface area contributed by atoms with Gasteiger partial charge in [-0.1, -0.05) is 28.1 Å². The number of hydrogen-bond acceptors (Lipinski definition) is 5. The van der Waals surface area contributed by atoms with Crippen molar-refractivity contribution in [1.82, 2.24) is 5.32 Å². The van der Waals surface area contributed by atoms with Gasteiger partial charge in [0.15, 0.2) is 11.5 Å². The first kappa shape index (κ1) is 22.5. The molecule has 1 unspecified atom stereocenters. The molecule has 0 bridgehead atoms. The van der Waals surface area contributed by atoms with Gasteiger partial charge in [-0.15, -0.1) is 0 Å². The maximum Gasteiger partial charge on any atom is 0.320 e. The molecule has 0 aliphatic carbocycles. The number of halogens is 2. The normalized spacial score (nSPS) is 11.9. The summed E-state index contributed by atoms with van der Waals surface area (Å²) in [5.41, 5.74) is 1.57. The second-order valence-corrected chi connectivity index (χ2v) is 7.87. The highest BCUT2D eigenvalue weighted by Gasteiger charge is 2.20. The number of methoxy groups -OCH3 is 1. The fourth-order valence-corrected chi connectivity index (χ4v) is 3.50. The molecule has 0 amide bonds. The van der Waals surface area contributed by atoms with Crippen molar-refractivity contribution in [2.45, 2.75) is 25.6 Å². The van der Waals surface area contributed by atoms with Crippen LogP contribution in [0.2, 0.25) is 0 Å². The Hall–Kier alpha value is -1.77. The van der Waals surface area contributed by atoms with Crippen molar-refractivity contribution < 1.29 is 23.8 Å². The average Bonchev–Trinajstić information content (AvgIpc) is 2.68. The Bertz CT molecular complexity index is 789. The van der Waals surface area contributed by atoms with E-state index in [4.69, 9.17) is 9.47 Å². The van der Waals surface area contributed by atoms with Crippen LogP contribution in [-0.4, -0.2) is 36.2 Å². The first-order chi connectivity index (χ1) is 13.5. The molecule has 0 saturated heterocycles. The molecule has 2 N–H and O–H groups in total. The van der Waals surface area contributed by atoms with E-state index < -0.39 is 12.0 Å². The van der Waals surface area contributed by atoms with Gasteiger partial charge in [-0.25, -0.2) is 4.39 Å². The van der Waals surface area contributed by atoms with Gasteiger partial charge in [0, 0.05) is 16.6 Å². The van der Waals surface area contributed by atoms with Crippen LogP contribution in [0.25, 0.3) is 0 Å². The SMILES string of the molecule is COc1ccc(Br)c(CNC(CCSC)C(=O)O)c1OCc1ccc(F)cc1. The molecule has 2 rings (SSSR count). The molecule has 0 aliphatic rings. The lowest BCUT2D eigenvalue weighted by Gasteiger charge is -2.19. The Kier molecular flexibility index (Phi) is 9.08. The van der Waals surface area contributed by atoms with Gasteiger partial charge in [-0.2, -0.15) is 11.8 Å². The fraction of sp³-hybridized carbons (Fsp3) is 0.350. The van der Waals surface area contributed by atoms with Crippen molar-refractivity contribution in [2.75, 3.05) is 19.1 Å². The van der Waals surface area contributed by atoms with Gasteiger partial charge in [0.1, 0.15) is 18.5 Å². The van der Waals surface area contributed by atoms with Crippen LogP contribution in [0.5, 0.6) is 11.5 Å². The standard InChI is InChI=1S/C20H23BrFNO4S/c1-26-18-8-7-16(21)15(11-23-17(20(24)25)9-10-28-2)19(18)27-12-13-3-5-14(22)6-4-13/h3-8,17,23H,9-12H2,1-2H3,(H,24,25). The Labute approximate surface area is 176 Å². The summed E-state index contributed by atoms with van der Waals surface area (Å²) in [6.45, 7) is 0.525. The number of rotatable bonds is 11.